The second-order valence-electron chi connectivity index (χ2n) is 6.55. The summed E-state index contributed by atoms with van der Waals surface area (Å²) in [6.07, 6.45) is 8.09. The van der Waals surface area contributed by atoms with Gasteiger partial charge >= 0.3 is 0 Å². The van der Waals surface area contributed by atoms with Crippen molar-refractivity contribution in [3.8, 4) is 12.3 Å². The number of carbonyl (C=O) groups excluding carboxylic acids is 2. The van der Waals surface area contributed by atoms with Crippen LogP contribution < -0.4 is 0 Å². The summed E-state index contributed by atoms with van der Waals surface area (Å²) in [4.78, 5) is 36.4. The van der Waals surface area contributed by atoms with E-state index in [1.54, 1.807) is 18.7 Å². The molecule has 2 aromatic rings. The molecule has 0 radical (unpaired) electrons. The normalized spacial score (nSPS) is 16.6. The van der Waals surface area contributed by atoms with Crippen LogP contribution in [0.5, 0.6) is 0 Å². The number of carbonyl (C=O) groups is 2. The van der Waals surface area contributed by atoms with Gasteiger partial charge in [-0.2, -0.15) is 0 Å². The van der Waals surface area contributed by atoms with Crippen molar-refractivity contribution >= 4 is 11.8 Å². The van der Waals surface area contributed by atoms with Gasteiger partial charge in [0.1, 0.15) is 22.9 Å². The SMILES string of the molecule is C#Cc1cc(F)c(C(=O)N2CCN(C(=O)c3nccnc3C)[C@H](C)C2)c(F)c1. The number of piperazine rings is 1. The van der Waals surface area contributed by atoms with Gasteiger partial charge < -0.3 is 9.80 Å². The molecule has 144 valence electrons. The molecule has 28 heavy (non-hydrogen) atoms. The number of nitrogens with zero attached hydrogens (tertiary/aromatic N) is 4. The minimum atomic E-state index is -1.00. The molecule has 1 aromatic carbocycles. The minimum absolute atomic E-state index is 0.0228. The fourth-order valence-corrected chi connectivity index (χ4v) is 3.22. The molecule has 1 aliphatic heterocycles. The first-order valence-corrected chi connectivity index (χ1v) is 8.67. The van der Waals surface area contributed by atoms with E-state index in [2.05, 4.69) is 15.9 Å². The molecule has 0 N–H and O–H groups in total. The molecule has 1 atom stereocenters. The van der Waals surface area contributed by atoms with E-state index in [-0.39, 0.29) is 42.8 Å². The third-order valence-electron chi connectivity index (χ3n) is 4.68. The van der Waals surface area contributed by atoms with Gasteiger partial charge in [-0.15, -0.1) is 6.42 Å². The second kappa shape index (κ2) is 7.72. The highest BCUT2D eigenvalue weighted by Crippen LogP contribution is 2.20. The highest BCUT2D eigenvalue weighted by atomic mass is 19.1. The Morgan fingerprint density at radius 3 is 2.36 bits per heavy atom. The number of halogens is 2. The van der Waals surface area contributed by atoms with Gasteiger partial charge in [0, 0.05) is 43.6 Å². The molecule has 0 bridgehead atoms. The van der Waals surface area contributed by atoms with Gasteiger partial charge in [-0.1, -0.05) is 5.92 Å². The monoisotopic (exact) mass is 384 g/mol. The molecule has 1 fully saturated rings. The zero-order valence-corrected chi connectivity index (χ0v) is 15.4. The van der Waals surface area contributed by atoms with Crippen molar-refractivity contribution in [2.45, 2.75) is 19.9 Å². The van der Waals surface area contributed by atoms with E-state index in [1.807, 2.05) is 0 Å². The summed E-state index contributed by atoms with van der Waals surface area (Å²) in [5.74, 6) is -0.923. The van der Waals surface area contributed by atoms with Crippen LogP contribution in [0.4, 0.5) is 8.78 Å². The van der Waals surface area contributed by atoms with Crippen LogP contribution >= 0.6 is 0 Å². The standard InChI is InChI=1S/C20H18F2N4O2/c1-4-14-9-15(21)17(16(22)10-14)19(27)25-7-8-26(12(2)11-25)20(28)18-13(3)23-5-6-24-18/h1,5-6,9-10,12H,7-8,11H2,2-3H3/t12-/m1/s1. The summed E-state index contributed by atoms with van der Waals surface area (Å²) in [6, 6.07) is 1.55. The summed E-state index contributed by atoms with van der Waals surface area (Å²) >= 11 is 0. The van der Waals surface area contributed by atoms with E-state index in [9.17, 15) is 18.4 Å². The van der Waals surface area contributed by atoms with Gasteiger partial charge in [0.2, 0.25) is 0 Å². The van der Waals surface area contributed by atoms with E-state index in [0.717, 1.165) is 12.1 Å². The second-order valence-corrected chi connectivity index (χ2v) is 6.55. The van der Waals surface area contributed by atoms with Crippen LogP contribution in [-0.2, 0) is 0 Å². The minimum Gasteiger partial charge on any atom is -0.335 e. The van der Waals surface area contributed by atoms with E-state index in [1.165, 1.54) is 17.3 Å². The van der Waals surface area contributed by atoms with Gasteiger partial charge in [-0.3, -0.25) is 14.6 Å². The Morgan fingerprint density at radius 1 is 1.14 bits per heavy atom. The molecule has 1 aliphatic rings. The lowest BCUT2D eigenvalue weighted by Crippen LogP contribution is -2.55. The first kappa shape index (κ1) is 19.4. The Hall–Kier alpha value is -3.34. The van der Waals surface area contributed by atoms with E-state index >= 15 is 0 Å². The fraction of sp³-hybridized carbons (Fsp3) is 0.300. The molecule has 8 heteroatoms. The van der Waals surface area contributed by atoms with Crippen molar-refractivity contribution in [1.82, 2.24) is 19.8 Å². The summed E-state index contributed by atoms with van der Waals surface area (Å²) in [5, 5.41) is 0. The topological polar surface area (TPSA) is 66.4 Å². The van der Waals surface area contributed by atoms with Gasteiger partial charge in [0.25, 0.3) is 11.8 Å². The zero-order valence-electron chi connectivity index (χ0n) is 15.4. The fourth-order valence-electron chi connectivity index (χ4n) is 3.22. The van der Waals surface area contributed by atoms with E-state index < -0.39 is 23.1 Å². The van der Waals surface area contributed by atoms with Crippen molar-refractivity contribution in [1.29, 1.82) is 0 Å². The third kappa shape index (κ3) is 3.56. The maximum atomic E-state index is 14.2. The Morgan fingerprint density at radius 2 is 1.79 bits per heavy atom. The molecule has 6 nitrogen and oxygen atoms in total. The largest absolute Gasteiger partial charge is 0.335 e. The molecule has 2 amide bonds. The van der Waals surface area contributed by atoms with E-state index in [4.69, 9.17) is 6.42 Å². The number of aryl methyl sites for hydroxylation is 1. The predicted molar refractivity (Wildman–Crippen MR) is 97.5 cm³/mol. The smallest absolute Gasteiger partial charge is 0.274 e. The number of hydrogen-bond acceptors (Lipinski definition) is 4. The van der Waals surface area contributed by atoms with Gasteiger partial charge in [0.05, 0.1) is 5.69 Å². The van der Waals surface area contributed by atoms with Gasteiger partial charge in [0.15, 0.2) is 0 Å². The molecule has 1 aromatic heterocycles. The zero-order chi connectivity index (χ0) is 20.4. The van der Waals surface area contributed by atoms with Crippen molar-refractivity contribution < 1.29 is 18.4 Å². The average Bonchev–Trinajstić information content (AvgIpc) is 2.67. The van der Waals surface area contributed by atoms with Crippen molar-refractivity contribution in [2.75, 3.05) is 19.6 Å². The van der Waals surface area contributed by atoms with Gasteiger partial charge in [-0.25, -0.2) is 13.8 Å². The molecular weight excluding hydrogens is 366 g/mol. The Bertz CT molecular complexity index is 963. The molecular formula is C20H18F2N4O2. The predicted octanol–water partition coefficient (Wildman–Crippen LogP) is 2.03. The third-order valence-corrected chi connectivity index (χ3v) is 4.68. The summed E-state index contributed by atoms with van der Waals surface area (Å²) < 4.78 is 28.4. The maximum Gasteiger partial charge on any atom is 0.274 e. The quantitative estimate of drug-likeness (QED) is 0.744. The van der Waals surface area contributed by atoms with Crippen LogP contribution in [0.15, 0.2) is 24.5 Å². The van der Waals surface area contributed by atoms with Crippen molar-refractivity contribution in [3.05, 3.63) is 58.7 Å². The lowest BCUT2D eigenvalue weighted by atomic mass is 10.1. The Balaban J connectivity index is 1.77. The number of benzene rings is 1. The van der Waals surface area contributed by atoms with Crippen LogP contribution in [0, 0.1) is 30.9 Å². The molecule has 0 spiro atoms. The number of amides is 2. The Labute approximate surface area is 161 Å². The highest BCUT2D eigenvalue weighted by molar-refractivity contribution is 5.96. The molecule has 0 aliphatic carbocycles. The van der Waals surface area contributed by atoms with Crippen molar-refractivity contribution in [3.63, 3.8) is 0 Å². The highest BCUT2D eigenvalue weighted by Gasteiger charge is 2.33. The number of hydrogen-bond donors (Lipinski definition) is 0. The molecule has 1 saturated heterocycles. The lowest BCUT2D eigenvalue weighted by Gasteiger charge is -2.39. The molecule has 0 unspecified atom stereocenters. The lowest BCUT2D eigenvalue weighted by molar-refractivity contribution is 0.0405. The summed E-state index contributed by atoms with van der Waals surface area (Å²) in [7, 11) is 0. The van der Waals surface area contributed by atoms with Crippen molar-refractivity contribution in [2.24, 2.45) is 0 Å². The van der Waals surface area contributed by atoms with Gasteiger partial charge in [-0.05, 0) is 26.0 Å². The van der Waals surface area contributed by atoms with Crippen LogP contribution in [0.25, 0.3) is 0 Å². The van der Waals surface area contributed by atoms with E-state index in [0.29, 0.717) is 5.69 Å². The number of terminal acetylenes is 1. The first-order valence-electron chi connectivity index (χ1n) is 8.67. The van der Waals surface area contributed by atoms with Crippen LogP contribution in [0.1, 0.15) is 39.0 Å². The molecule has 0 saturated carbocycles. The molecule has 3 rings (SSSR count). The number of rotatable bonds is 2. The van der Waals surface area contributed by atoms with Crippen LogP contribution in [0.3, 0.4) is 0 Å². The molecule has 2 heterocycles. The average molecular weight is 384 g/mol. The first-order chi connectivity index (χ1) is 13.3. The summed E-state index contributed by atoms with van der Waals surface area (Å²) in [5.41, 5.74) is 0.137. The maximum absolute atomic E-state index is 14.2. The van der Waals surface area contributed by atoms with Crippen LogP contribution in [0.2, 0.25) is 0 Å². The summed E-state index contributed by atoms with van der Waals surface area (Å²) in [6.45, 7) is 3.95. The van der Waals surface area contributed by atoms with Crippen LogP contribution in [-0.4, -0.2) is 57.3 Å². The number of aromatic nitrogens is 2. The Kier molecular flexibility index (Phi) is 5.36.